The fourth-order valence-electron chi connectivity index (χ4n) is 2.06. The van der Waals surface area contributed by atoms with E-state index in [1.54, 1.807) is 6.07 Å². The second-order valence-corrected chi connectivity index (χ2v) is 5.81. The molecule has 3 aromatic rings. The lowest BCUT2D eigenvalue weighted by Crippen LogP contribution is -2.10. The molecule has 1 atom stereocenters. The summed E-state index contributed by atoms with van der Waals surface area (Å²) < 4.78 is 19.9. The zero-order valence-electron chi connectivity index (χ0n) is 10.2. The van der Waals surface area contributed by atoms with E-state index in [0.717, 1.165) is 15.4 Å². The molecule has 0 aliphatic rings. The van der Waals surface area contributed by atoms with Gasteiger partial charge in [-0.1, -0.05) is 33.6 Å². The highest BCUT2D eigenvalue weighted by Gasteiger charge is 2.15. The van der Waals surface area contributed by atoms with Gasteiger partial charge in [-0.05, 0) is 42.0 Å². The van der Waals surface area contributed by atoms with Gasteiger partial charge in [-0.2, -0.15) is 0 Å². The van der Waals surface area contributed by atoms with Crippen molar-refractivity contribution < 1.29 is 8.81 Å². The van der Waals surface area contributed by atoms with Crippen LogP contribution in [0.4, 0.5) is 4.39 Å². The smallest absolute Gasteiger partial charge is 0.141 e. The topological polar surface area (TPSA) is 39.2 Å². The quantitative estimate of drug-likeness (QED) is 0.700. The van der Waals surface area contributed by atoms with E-state index in [1.165, 1.54) is 12.1 Å². The van der Waals surface area contributed by atoms with Gasteiger partial charge in [-0.15, -0.1) is 0 Å². The second kappa shape index (κ2) is 5.20. The Morgan fingerprint density at radius 2 is 1.95 bits per heavy atom. The third kappa shape index (κ3) is 2.46. The highest BCUT2D eigenvalue weighted by Crippen LogP contribution is 2.30. The van der Waals surface area contributed by atoms with Crippen molar-refractivity contribution in [3.63, 3.8) is 0 Å². The van der Waals surface area contributed by atoms with Crippen molar-refractivity contribution >= 4 is 38.5 Å². The van der Waals surface area contributed by atoms with Crippen LogP contribution in [0.25, 0.3) is 11.0 Å². The SMILES string of the molecule is NC(c1ccc(F)c(Cl)c1)c1cc2cc(Br)ccc2o1. The number of halogens is 3. The molecule has 5 heteroatoms. The van der Waals surface area contributed by atoms with Crippen LogP contribution in [0.3, 0.4) is 0 Å². The summed E-state index contributed by atoms with van der Waals surface area (Å²) in [4.78, 5) is 0. The minimum absolute atomic E-state index is 0.0526. The Kier molecular flexibility index (Phi) is 3.54. The summed E-state index contributed by atoms with van der Waals surface area (Å²) in [6.45, 7) is 0. The molecule has 0 saturated heterocycles. The van der Waals surface area contributed by atoms with E-state index < -0.39 is 11.9 Å². The first-order chi connectivity index (χ1) is 9.54. The first kappa shape index (κ1) is 13.6. The Labute approximate surface area is 128 Å². The summed E-state index contributed by atoms with van der Waals surface area (Å²) in [6.07, 6.45) is 0. The number of hydrogen-bond acceptors (Lipinski definition) is 2. The Morgan fingerprint density at radius 3 is 2.70 bits per heavy atom. The monoisotopic (exact) mass is 353 g/mol. The van der Waals surface area contributed by atoms with Crippen LogP contribution in [0.1, 0.15) is 17.4 Å². The molecular formula is C15H10BrClFNO. The molecule has 102 valence electrons. The Bertz CT molecular complexity index is 787. The zero-order chi connectivity index (χ0) is 14.3. The maximum atomic E-state index is 13.2. The lowest BCUT2D eigenvalue weighted by atomic mass is 10.1. The van der Waals surface area contributed by atoms with E-state index in [-0.39, 0.29) is 5.02 Å². The van der Waals surface area contributed by atoms with E-state index in [9.17, 15) is 4.39 Å². The van der Waals surface area contributed by atoms with Crippen LogP contribution in [0.15, 0.2) is 51.4 Å². The molecule has 0 spiro atoms. The van der Waals surface area contributed by atoms with Gasteiger partial charge >= 0.3 is 0 Å². The van der Waals surface area contributed by atoms with Gasteiger partial charge in [0.2, 0.25) is 0 Å². The largest absolute Gasteiger partial charge is 0.459 e. The fraction of sp³-hybridized carbons (Fsp3) is 0.0667. The minimum Gasteiger partial charge on any atom is -0.459 e. The Hall–Kier alpha value is -1.36. The maximum absolute atomic E-state index is 13.2. The number of benzene rings is 2. The molecule has 2 nitrogen and oxygen atoms in total. The van der Waals surface area contributed by atoms with Crippen molar-refractivity contribution in [3.05, 3.63) is 69.1 Å². The summed E-state index contributed by atoms with van der Waals surface area (Å²) in [5, 5.41) is 1.01. The molecule has 0 aliphatic heterocycles. The van der Waals surface area contributed by atoms with Crippen LogP contribution in [0, 0.1) is 5.82 Å². The lowest BCUT2D eigenvalue weighted by molar-refractivity contribution is 0.524. The first-order valence-corrected chi connectivity index (χ1v) is 7.11. The third-order valence-electron chi connectivity index (χ3n) is 3.11. The van der Waals surface area contributed by atoms with Gasteiger partial charge in [0.05, 0.1) is 11.1 Å². The average molecular weight is 355 g/mol. The van der Waals surface area contributed by atoms with Gasteiger partial charge in [0.1, 0.15) is 17.2 Å². The van der Waals surface area contributed by atoms with E-state index in [0.29, 0.717) is 11.3 Å². The van der Waals surface area contributed by atoms with E-state index in [2.05, 4.69) is 15.9 Å². The highest BCUT2D eigenvalue weighted by molar-refractivity contribution is 9.10. The average Bonchev–Trinajstić information content (AvgIpc) is 2.84. The molecule has 0 saturated carbocycles. The van der Waals surface area contributed by atoms with Crippen molar-refractivity contribution in [2.75, 3.05) is 0 Å². The molecular weight excluding hydrogens is 345 g/mol. The van der Waals surface area contributed by atoms with Crippen LogP contribution < -0.4 is 5.73 Å². The van der Waals surface area contributed by atoms with Crippen LogP contribution >= 0.6 is 27.5 Å². The highest BCUT2D eigenvalue weighted by atomic mass is 79.9. The molecule has 2 N–H and O–H groups in total. The Morgan fingerprint density at radius 1 is 1.15 bits per heavy atom. The molecule has 0 amide bonds. The van der Waals surface area contributed by atoms with Crippen molar-refractivity contribution in [2.24, 2.45) is 5.73 Å². The third-order valence-corrected chi connectivity index (χ3v) is 3.89. The molecule has 1 aromatic heterocycles. The molecule has 0 fully saturated rings. The molecule has 1 unspecified atom stereocenters. The van der Waals surface area contributed by atoms with Crippen LogP contribution in [-0.4, -0.2) is 0 Å². The van der Waals surface area contributed by atoms with Gasteiger partial charge < -0.3 is 10.2 Å². The standard InChI is InChI=1S/C15H10BrClFNO/c16-10-2-4-13-9(5-10)7-14(20-13)15(19)8-1-3-12(18)11(17)6-8/h1-7,15H,19H2. The summed E-state index contributed by atoms with van der Waals surface area (Å²) >= 11 is 9.19. The molecule has 0 aliphatic carbocycles. The number of furan rings is 1. The zero-order valence-corrected chi connectivity index (χ0v) is 12.6. The van der Waals surface area contributed by atoms with Crippen LogP contribution in [0.2, 0.25) is 5.02 Å². The summed E-state index contributed by atoms with van der Waals surface area (Å²) in [7, 11) is 0. The van der Waals surface area contributed by atoms with Crippen molar-refractivity contribution in [3.8, 4) is 0 Å². The summed E-state index contributed by atoms with van der Waals surface area (Å²) in [6, 6.07) is 11.5. The van der Waals surface area contributed by atoms with Crippen molar-refractivity contribution in [2.45, 2.75) is 6.04 Å². The molecule has 0 bridgehead atoms. The predicted molar refractivity (Wildman–Crippen MR) is 81.4 cm³/mol. The van der Waals surface area contributed by atoms with E-state index in [4.69, 9.17) is 21.8 Å². The van der Waals surface area contributed by atoms with Crippen LogP contribution in [-0.2, 0) is 0 Å². The number of nitrogens with two attached hydrogens (primary N) is 1. The summed E-state index contributed by atoms with van der Waals surface area (Å²) in [5.74, 6) is 0.150. The van der Waals surface area contributed by atoms with Crippen molar-refractivity contribution in [1.82, 2.24) is 0 Å². The van der Waals surface area contributed by atoms with Gasteiger partial charge in [-0.25, -0.2) is 4.39 Å². The molecule has 0 radical (unpaired) electrons. The molecule has 2 aromatic carbocycles. The Balaban J connectivity index is 2.02. The number of rotatable bonds is 2. The van der Waals surface area contributed by atoms with Gasteiger partial charge in [0.25, 0.3) is 0 Å². The van der Waals surface area contributed by atoms with E-state index in [1.807, 2.05) is 24.3 Å². The summed E-state index contributed by atoms with van der Waals surface area (Å²) in [5.41, 5.74) is 7.61. The van der Waals surface area contributed by atoms with E-state index >= 15 is 0 Å². The second-order valence-electron chi connectivity index (χ2n) is 4.48. The lowest BCUT2D eigenvalue weighted by Gasteiger charge is -2.09. The molecule has 3 rings (SSSR count). The van der Waals surface area contributed by atoms with Gasteiger partial charge in [-0.3, -0.25) is 0 Å². The van der Waals surface area contributed by atoms with Crippen molar-refractivity contribution in [1.29, 1.82) is 0 Å². The molecule has 20 heavy (non-hydrogen) atoms. The van der Waals surface area contributed by atoms with Gasteiger partial charge in [0.15, 0.2) is 0 Å². The first-order valence-electron chi connectivity index (χ1n) is 5.94. The predicted octanol–water partition coefficient (Wildman–Crippen LogP) is 5.04. The van der Waals surface area contributed by atoms with Crippen LogP contribution in [0.5, 0.6) is 0 Å². The normalized spacial score (nSPS) is 12.8. The minimum atomic E-state index is -0.487. The molecule has 1 heterocycles. The van der Waals surface area contributed by atoms with Gasteiger partial charge in [0, 0.05) is 9.86 Å². The fourth-order valence-corrected chi connectivity index (χ4v) is 2.63. The number of hydrogen-bond donors (Lipinski definition) is 1. The maximum Gasteiger partial charge on any atom is 0.141 e. The number of fused-ring (bicyclic) bond motifs is 1.